The number of nitrogens with zero attached hydrogens (tertiary/aromatic N) is 2. The van der Waals surface area contributed by atoms with Crippen molar-refractivity contribution < 1.29 is 22.4 Å². The quantitative estimate of drug-likeness (QED) is 0.531. The predicted molar refractivity (Wildman–Crippen MR) is 109 cm³/mol. The summed E-state index contributed by atoms with van der Waals surface area (Å²) < 4.78 is 0. The Kier molecular flexibility index (Phi) is 7.57. The number of benzene rings is 2. The molecule has 0 spiro atoms. The third kappa shape index (κ3) is 3.93. The number of para-hydroxylation sites is 2. The van der Waals surface area contributed by atoms with Crippen molar-refractivity contribution in [2.75, 3.05) is 16.5 Å². The first-order chi connectivity index (χ1) is 12.2. The second-order valence-corrected chi connectivity index (χ2v) is 6.64. The van der Waals surface area contributed by atoms with Gasteiger partial charge in [0.2, 0.25) is 0 Å². The molecule has 2 nitrogen and oxygen atoms in total. The molecule has 0 aliphatic carbocycles. The van der Waals surface area contributed by atoms with E-state index in [9.17, 15) is 0 Å². The van der Waals surface area contributed by atoms with E-state index in [-0.39, 0.29) is 22.4 Å². The Balaban J connectivity index is 0.00000243. The summed E-state index contributed by atoms with van der Waals surface area (Å²) in [6.07, 6.45) is 8.77. The molecular weight excluding hydrogens is 412 g/mol. The molecule has 0 atom stereocenters. The molecule has 0 aromatic heterocycles. The predicted octanol–water partition coefficient (Wildman–Crippen LogP) is 5.69. The minimum absolute atomic E-state index is 0. The Morgan fingerprint density at radius 2 is 0.923 bits per heavy atom. The van der Waals surface area contributed by atoms with Crippen LogP contribution in [0.4, 0.5) is 11.4 Å². The molecule has 0 amide bonds. The fourth-order valence-corrected chi connectivity index (χ4v) is 3.88. The normalized spacial score (nSPS) is 13.2. The summed E-state index contributed by atoms with van der Waals surface area (Å²) in [6.45, 7) is 9.89. The van der Waals surface area contributed by atoms with Crippen LogP contribution < -0.4 is 9.80 Å². The van der Waals surface area contributed by atoms with Crippen LogP contribution in [0, 0.1) is 0 Å². The second kappa shape index (κ2) is 9.45. The second-order valence-electron chi connectivity index (χ2n) is 6.64. The van der Waals surface area contributed by atoms with Crippen molar-refractivity contribution in [3.8, 4) is 0 Å². The molecule has 1 heterocycles. The summed E-state index contributed by atoms with van der Waals surface area (Å²) in [4.78, 5) is 4.84. The fraction of sp³-hybridized carbons (Fsp3) is 0.391. The summed E-state index contributed by atoms with van der Waals surface area (Å²) in [5.41, 5.74) is 8.54. The molecule has 1 aliphatic rings. The van der Waals surface area contributed by atoms with Crippen LogP contribution in [0.5, 0.6) is 0 Å². The molecule has 3 heteroatoms. The molecule has 1 radical (unpaired) electrons. The van der Waals surface area contributed by atoms with Crippen LogP contribution in [0.3, 0.4) is 0 Å². The van der Waals surface area contributed by atoms with E-state index in [1.165, 1.54) is 33.6 Å². The molecule has 0 bridgehead atoms. The Morgan fingerprint density at radius 1 is 0.615 bits per heavy atom. The number of hydrogen-bond donors (Lipinski definition) is 0. The van der Waals surface area contributed by atoms with Crippen LogP contribution >= 0.6 is 0 Å². The van der Waals surface area contributed by atoms with Crippen molar-refractivity contribution in [3.05, 3.63) is 71.1 Å². The van der Waals surface area contributed by atoms with Gasteiger partial charge in [-0.15, -0.1) is 0 Å². The topological polar surface area (TPSA) is 6.48 Å². The van der Waals surface area contributed by atoms with Gasteiger partial charge >= 0.3 is 0 Å². The average Bonchev–Trinajstić information content (AvgIpc) is 3.15. The van der Waals surface area contributed by atoms with Crippen LogP contribution in [0.25, 0.3) is 0 Å². The minimum Gasteiger partial charge on any atom is -0.328 e. The number of rotatable bonds is 6. The van der Waals surface area contributed by atoms with Crippen molar-refractivity contribution in [1.29, 1.82) is 0 Å². The summed E-state index contributed by atoms with van der Waals surface area (Å²) in [6, 6.07) is 13.5. The van der Waals surface area contributed by atoms with Gasteiger partial charge in [-0.3, -0.25) is 0 Å². The molecule has 0 saturated carbocycles. The van der Waals surface area contributed by atoms with Gasteiger partial charge in [0.15, 0.2) is 0 Å². The zero-order chi connectivity index (χ0) is 17.8. The SMILES string of the molecule is CCc1cccc(CC)c1N1C=CN(c2c(CC)cccc2CC)C1.[Ag]. The molecule has 1 aliphatic heterocycles. The van der Waals surface area contributed by atoms with Gasteiger partial charge < -0.3 is 9.80 Å². The Hall–Kier alpha value is -1.48. The van der Waals surface area contributed by atoms with Gasteiger partial charge in [-0.05, 0) is 47.9 Å². The van der Waals surface area contributed by atoms with Crippen LogP contribution in [-0.4, -0.2) is 6.67 Å². The maximum atomic E-state index is 2.42. The number of anilines is 2. The zero-order valence-corrected chi connectivity index (χ0v) is 17.8. The van der Waals surface area contributed by atoms with E-state index in [4.69, 9.17) is 0 Å². The van der Waals surface area contributed by atoms with Gasteiger partial charge in [-0.2, -0.15) is 0 Å². The molecule has 3 rings (SSSR count). The van der Waals surface area contributed by atoms with Gasteiger partial charge in [0, 0.05) is 46.2 Å². The molecule has 143 valence electrons. The first kappa shape index (κ1) is 20.8. The van der Waals surface area contributed by atoms with Crippen LogP contribution in [-0.2, 0) is 48.1 Å². The average molecular weight is 442 g/mol. The van der Waals surface area contributed by atoms with E-state index >= 15 is 0 Å². The number of aryl methyl sites for hydroxylation is 4. The third-order valence-electron chi connectivity index (χ3n) is 5.24. The molecule has 0 N–H and O–H groups in total. The van der Waals surface area contributed by atoms with Crippen LogP contribution in [0.15, 0.2) is 48.8 Å². The van der Waals surface area contributed by atoms with Crippen LogP contribution in [0.1, 0.15) is 49.9 Å². The van der Waals surface area contributed by atoms with Gasteiger partial charge in [0.1, 0.15) is 0 Å². The van der Waals surface area contributed by atoms with Gasteiger partial charge in [0.05, 0.1) is 6.67 Å². The molecule has 2 aromatic carbocycles. The van der Waals surface area contributed by atoms with Gasteiger partial charge in [-0.1, -0.05) is 64.1 Å². The minimum atomic E-state index is 0. The first-order valence-electron chi connectivity index (χ1n) is 9.66. The van der Waals surface area contributed by atoms with E-state index in [2.05, 4.69) is 86.3 Å². The Labute approximate surface area is 174 Å². The van der Waals surface area contributed by atoms with E-state index in [1.54, 1.807) is 0 Å². The summed E-state index contributed by atoms with van der Waals surface area (Å²) in [7, 11) is 0. The van der Waals surface area contributed by atoms with Crippen LogP contribution in [0.2, 0.25) is 0 Å². The summed E-state index contributed by atoms with van der Waals surface area (Å²) in [5.74, 6) is 0. The van der Waals surface area contributed by atoms with E-state index in [1.807, 2.05) is 0 Å². The summed E-state index contributed by atoms with van der Waals surface area (Å²) >= 11 is 0. The third-order valence-corrected chi connectivity index (χ3v) is 5.24. The van der Waals surface area contributed by atoms with Gasteiger partial charge in [-0.25, -0.2) is 0 Å². The van der Waals surface area contributed by atoms with Crippen molar-refractivity contribution in [3.63, 3.8) is 0 Å². The Bertz CT molecular complexity index is 659. The van der Waals surface area contributed by atoms with Gasteiger partial charge in [0.25, 0.3) is 0 Å². The monoisotopic (exact) mass is 441 g/mol. The maximum Gasteiger partial charge on any atom is 0.0989 e. The largest absolute Gasteiger partial charge is 0.328 e. The smallest absolute Gasteiger partial charge is 0.0989 e. The zero-order valence-electron chi connectivity index (χ0n) is 16.4. The number of hydrogen-bond acceptors (Lipinski definition) is 2. The molecule has 0 unspecified atom stereocenters. The van der Waals surface area contributed by atoms with Crippen molar-refractivity contribution in [2.24, 2.45) is 0 Å². The van der Waals surface area contributed by atoms with E-state index in [0.29, 0.717) is 0 Å². The maximum absolute atomic E-state index is 2.42. The van der Waals surface area contributed by atoms with E-state index in [0.717, 1.165) is 32.4 Å². The van der Waals surface area contributed by atoms with E-state index < -0.39 is 0 Å². The fourth-order valence-electron chi connectivity index (χ4n) is 3.88. The molecule has 0 fully saturated rings. The standard InChI is InChI=1S/C23H30N2.Ag/c1-5-18-11-9-12-19(6-2)22(18)24-15-16-25(17-24)23-20(7-3)13-10-14-21(23)8-4;/h9-16H,5-8,17H2,1-4H3;. The van der Waals surface area contributed by atoms with Crippen molar-refractivity contribution >= 4 is 11.4 Å². The molecule has 0 saturated heterocycles. The first-order valence-corrected chi connectivity index (χ1v) is 9.66. The van der Waals surface area contributed by atoms with Crippen molar-refractivity contribution in [2.45, 2.75) is 53.4 Å². The Morgan fingerprint density at radius 3 is 1.19 bits per heavy atom. The summed E-state index contributed by atoms with van der Waals surface area (Å²) in [5, 5.41) is 0. The molecule has 2 aromatic rings. The molecule has 26 heavy (non-hydrogen) atoms. The van der Waals surface area contributed by atoms with Crippen molar-refractivity contribution in [1.82, 2.24) is 0 Å². The molecular formula is C23H30AgN2.